The molecule has 1 aromatic carbocycles. The summed E-state index contributed by atoms with van der Waals surface area (Å²) < 4.78 is 10.7. The number of nitrogens with zero attached hydrogens (tertiary/aromatic N) is 1. The van der Waals surface area contributed by atoms with Crippen LogP contribution in [0, 0.1) is 5.92 Å². The number of carbonyl (C=O) groups is 2. The monoisotopic (exact) mass is 307 g/mol. The molecule has 1 aliphatic heterocycles. The minimum Gasteiger partial charge on any atom is -0.493 e. The number of carboxylic acids is 1. The largest absolute Gasteiger partial charge is 0.493 e. The van der Waals surface area contributed by atoms with Crippen LogP contribution in [0.1, 0.15) is 19.3 Å². The lowest BCUT2D eigenvalue weighted by Crippen LogP contribution is -2.42. The minimum absolute atomic E-state index is 0.0687. The van der Waals surface area contributed by atoms with Crippen molar-refractivity contribution in [2.75, 3.05) is 26.8 Å². The van der Waals surface area contributed by atoms with E-state index in [4.69, 9.17) is 14.6 Å². The Kier molecular flexibility index (Phi) is 5.63. The summed E-state index contributed by atoms with van der Waals surface area (Å²) in [7, 11) is 1.56. The predicted molar refractivity (Wildman–Crippen MR) is 80.0 cm³/mol. The van der Waals surface area contributed by atoms with Gasteiger partial charge < -0.3 is 19.5 Å². The van der Waals surface area contributed by atoms with Crippen LogP contribution in [0.3, 0.4) is 0 Å². The smallest absolute Gasteiger partial charge is 0.308 e. The van der Waals surface area contributed by atoms with Gasteiger partial charge in [-0.3, -0.25) is 9.59 Å². The number of likely N-dealkylation sites (tertiary alicyclic amines) is 1. The van der Waals surface area contributed by atoms with Crippen LogP contribution in [0.5, 0.6) is 11.5 Å². The van der Waals surface area contributed by atoms with Crippen molar-refractivity contribution >= 4 is 11.9 Å². The molecule has 0 aliphatic carbocycles. The number of carboxylic acid groups (broad SMARTS) is 1. The zero-order valence-electron chi connectivity index (χ0n) is 12.7. The number of rotatable bonds is 6. The molecule has 0 radical (unpaired) electrons. The first-order chi connectivity index (χ1) is 10.6. The third-order valence-corrected chi connectivity index (χ3v) is 3.77. The Morgan fingerprint density at radius 3 is 2.73 bits per heavy atom. The van der Waals surface area contributed by atoms with Gasteiger partial charge >= 0.3 is 5.97 Å². The van der Waals surface area contributed by atoms with E-state index in [0.29, 0.717) is 31.0 Å². The Morgan fingerprint density at radius 1 is 1.32 bits per heavy atom. The topological polar surface area (TPSA) is 76.1 Å². The van der Waals surface area contributed by atoms with Crippen molar-refractivity contribution in [1.82, 2.24) is 4.90 Å². The van der Waals surface area contributed by atoms with Crippen molar-refractivity contribution in [2.45, 2.75) is 19.3 Å². The number of carbonyl (C=O) groups excluding carboxylic acids is 1. The van der Waals surface area contributed by atoms with Crippen molar-refractivity contribution in [3.8, 4) is 11.5 Å². The van der Waals surface area contributed by atoms with Gasteiger partial charge in [0.05, 0.1) is 26.1 Å². The first kappa shape index (κ1) is 16.1. The highest BCUT2D eigenvalue weighted by atomic mass is 16.5. The number of hydrogen-bond donors (Lipinski definition) is 1. The first-order valence-corrected chi connectivity index (χ1v) is 7.38. The van der Waals surface area contributed by atoms with Gasteiger partial charge in [0.2, 0.25) is 5.91 Å². The zero-order chi connectivity index (χ0) is 15.9. The van der Waals surface area contributed by atoms with Gasteiger partial charge in [-0.25, -0.2) is 0 Å². The molecule has 0 spiro atoms. The third-order valence-electron chi connectivity index (χ3n) is 3.77. The molecule has 0 saturated carbocycles. The van der Waals surface area contributed by atoms with E-state index >= 15 is 0 Å². The van der Waals surface area contributed by atoms with Crippen LogP contribution in [0.25, 0.3) is 0 Å². The van der Waals surface area contributed by atoms with Crippen LogP contribution in [-0.2, 0) is 9.59 Å². The molecule has 1 amide bonds. The summed E-state index contributed by atoms with van der Waals surface area (Å²) in [5, 5.41) is 9.04. The van der Waals surface area contributed by atoms with E-state index in [0.717, 1.165) is 6.42 Å². The van der Waals surface area contributed by atoms with Gasteiger partial charge in [-0.05, 0) is 25.0 Å². The zero-order valence-corrected chi connectivity index (χ0v) is 12.7. The molecule has 1 atom stereocenters. The van der Waals surface area contributed by atoms with E-state index in [2.05, 4.69) is 0 Å². The first-order valence-electron chi connectivity index (χ1n) is 7.38. The molecule has 1 aliphatic rings. The van der Waals surface area contributed by atoms with Crippen molar-refractivity contribution in [1.29, 1.82) is 0 Å². The fourth-order valence-corrected chi connectivity index (χ4v) is 2.55. The lowest BCUT2D eigenvalue weighted by molar-refractivity contribution is -0.145. The van der Waals surface area contributed by atoms with Gasteiger partial charge in [0.1, 0.15) is 0 Å². The highest BCUT2D eigenvalue weighted by molar-refractivity contribution is 5.78. The number of hydrogen-bond acceptors (Lipinski definition) is 4. The number of methoxy groups -OCH3 is 1. The molecule has 0 aromatic heterocycles. The minimum atomic E-state index is -0.831. The average molecular weight is 307 g/mol. The molecule has 0 bridgehead atoms. The average Bonchev–Trinajstić information content (AvgIpc) is 2.55. The maximum absolute atomic E-state index is 12.1. The van der Waals surface area contributed by atoms with Gasteiger partial charge in [0.25, 0.3) is 0 Å². The summed E-state index contributed by atoms with van der Waals surface area (Å²) in [5.41, 5.74) is 0. The Labute approximate surface area is 129 Å². The van der Waals surface area contributed by atoms with Crippen molar-refractivity contribution in [2.24, 2.45) is 5.92 Å². The van der Waals surface area contributed by atoms with E-state index in [-0.39, 0.29) is 18.9 Å². The van der Waals surface area contributed by atoms with Crippen molar-refractivity contribution in [3.05, 3.63) is 24.3 Å². The molecule has 0 unspecified atom stereocenters. The molecule has 1 aromatic rings. The Morgan fingerprint density at radius 2 is 2.05 bits per heavy atom. The summed E-state index contributed by atoms with van der Waals surface area (Å²) in [5.74, 6) is -0.129. The molecule has 2 rings (SSSR count). The second-order valence-corrected chi connectivity index (χ2v) is 5.27. The van der Waals surface area contributed by atoms with Crippen molar-refractivity contribution in [3.63, 3.8) is 0 Å². The lowest BCUT2D eigenvalue weighted by Gasteiger charge is -2.30. The van der Waals surface area contributed by atoms with Gasteiger partial charge in [0, 0.05) is 13.1 Å². The Hall–Kier alpha value is -2.24. The predicted octanol–water partition coefficient (Wildman–Crippen LogP) is 1.79. The molecule has 22 heavy (non-hydrogen) atoms. The van der Waals surface area contributed by atoms with Gasteiger partial charge in [-0.1, -0.05) is 12.1 Å². The quantitative estimate of drug-likeness (QED) is 0.867. The molecular formula is C16H21NO5. The molecule has 6 heteroatoms. The number of aliphatic carboxylic acids is 1. The summed E-state index contributed by atoms with van der Waals surface area (Å²) in [6.07, 6.45) is 1.59. The summed E-state index contributed by atoms with van der Waals surface area (Å²) in [6.45, 7) is 1.16. The van der Waals surface area contributed by atoms with E-state index in [1.54, 1.807) is 24.1 Å². The fourth-order valence-electron chi connectivity index (χ4n) is 2.55. The number of para-hydroxylation sites is 2. The SMILES string of the molecule is COc1ccccc1OCCC(=O)N1CCC[C@H](C(=O)O)C1. The molecule has 120 valence electrons. The normalized spacial score (nSPS) is 17.9. The van der Waals surface area contributed by atoms with Crippen molar-refractivity contribution < 1.29 is 24.2 Å². The Bertz CT molecular complexity index is 531. The number of amides is 1. The van der Waals surface area contributed by atoms with Gasteiger partial charge in [-0.2, -0.15) is 0 Å². The van der Waals surface area contributed by atoms with Crippen LogP contribution in [0.4, 0.5) is 0 Å². The summed E-state index contributed by atoms with van der Waals surface area (Å²) >= 11 is 0. The molecule has 6 nitrogen and oxygen atoms in total. The van der Waals surface area contributed by atoms with Gasteiger partial charge in [0.15, 0.2) is 11.5 Å². The number of ether oxygens (including phenoxy) is 2. The highest BCUT2D eigenvalue weighted by Gasteiger charge is 2.27. The molecular weight excluding hydrogens is 286 g/mol. The number of benzene rings is 1. The maximum Gasteiger partial charge on any atom is 0.308 e. The fraction of sp³-hybridized carbons (Fsp3) is 0.500. The van der Waals surface area contributed by atoms with Gasteiger partial charge in [-0.15, -0.1) is 0 Å². The summed E-state index contributed by atoms with van der Waals surface area (Å²) in [6, 6.07) is 7.25. The van der Waals surface area contributed by atoms with E-state index in [1.807, 2.05) is 12.1 Å². The summed E-state index contributed by atoms with van der Waals surface area (Å²) in [4.78, 5) is 24.8. The number of piperidine rings is 1. The third kappa shape index (κ3) is 4.13. The van der Waals surface area contributed by atoms with E-state index < -0.39 is 11.9 Å². The second-order valence-electron chi connectivity index (χ2n) is 5.27. The molecule has 1 saturated heterocycles. The molecule has 1 fully saturated rings. The standard InChI is InChI=1S/C16H21NO5/c1-21-13-6-2-3-7-14(13)22-10-8-15(18)17-9-4-5-12(11-17)16(19)20/h2-3,6-7,12H,4-5,8-11H2,1H3,(H,19,20)/t12-/m0/s1. The van der Waals surface area contributed by atoms with E-state index in [1.165, 1.54) is 0 Å². The van der Waals surface area contributed by atoms with Crippen LogP contribution >= 0.6 is 0 Å². The van der Waals surface area contributed by atoms with Crippen LogP contribution in [0.2, 0.25) is 0 Å². The van der Waals surface area contributed by atoms with Crippen LogP contribution < -0.4 is 9.47 Å². The highest BCUT2D eigenvalue weighted by Crippen LogP contribution is 2.26. The van der Waals surface area contributed by atoms with Crippen LogP contribution in [0.15, 0.2) is 24.3 Å². The molecule has 1 heterocycles. The molecule has 1 N–H and O–H groups in total. The Balaban J connectivity index is 1.81. The maximum atomic E-state index is 12.1. The second kappa shape index (κ2) is 7.68. The van der Waals surface area contributed by atoms with Crippen LogP contribution in [-0.4, -0.2) is 48.7 Å². The van der Waals surface area contributed by atoms with E-state index in [9.17, 15) is 9.59 Å². The lowest BCUT2D eigenvalue weighted by atomic mass is 9.98.